The average molecular weight is 398 g/mol. The molecule has 7 heteroatoms. The summed E-state index contributed by atoms with van der Waals surface area (Å²) in [4.78, 5) is 22.8. The Bertz CT molecular complexity index is 820. The van der Waals surface area contributed by atoms with Gasteiger partial charge in [-0.25, -0.2) is 4.98 Å². The molecule has 2 aromatic rings. The maximum Gasteiger partial charge on any atom is 0.246 e. The highest BCUT2D eigenvalue weighted by Crippen LogP contribution is 2.38. The van der Waals surface area contributed by atoms with Gasteiger partial charge in [-0.2, -0.15) is 0 Å². The number of carbonyl (C=O) groups excluding carboxylic acids is 1. The summed E-state index contributed by atoms with van der Waals surface area (Å²) in [6, 6.07) is 9.03. The van der Waals surface area contributed by atoms with Crippen LogP contribution in [0.5, 0.6) is 0 Å². The first-order valence-corrected chi connectivity index (χ1v) is 11.0. The van der Waals surface area contributed by atoms with Crippen LogP contribution in [0.25, 0.3) is 11.0 Å². The molecule has 5 rings (SSSR count). The van der Waals surface area contributed by atoms with Crippen LogP contribution in [0.3, 0.4) is 0 Å². The first-order chi connectivity index (χ1) is 14.3. The zero-order valence-corrected chi connectivity index (χ0v) is 16.9. The molecule has 3 fully saturated rings. The Balaban J connectivity index is 1.12. The van der Waals surface area contributed by atoms with E-state index in [9.17, 15) is 4.79 Å². The summed E-state index contributed by atoms with van der Waals surface area (Å²) in [6.07, 6.45) is 5.24. The lowest BCUT2D eigenvalue weighted by Gasteiger charge is -2.55. The number of amides is 1. The second kappa shape index (κ2) is 8.42. The lowest BCUT2D eigenvalue weighted by atomic mass is 9.73. The molecule has 0 spiro atoms. The molecule has 0 aliphatic carbocycles. The standard InChI is InChI=1S/C22H31N5O2/c28-22(14-29-13-21-25-17-5-1-2-6-18(17)26-21)24-12-20-16-9-15(10-23-11-16)19-7-3-4-8-27(19)20/h1-2,5-6,15-16,19-20,23H,3-4,7-14H2,(H,24,28)(H,25,26)/t15-,16+,19+,20+/m1/s1. The molecule has 3 saturated heterocycles. The maximum absolute atomic E-state index is 12.4. The molecule has 7 nitrogen and oxygen atoms in total. The Morgan fingerprint density at radius 1 is 1.24 bits per heavy atom. The second-order valence-corrected chi connectivity index (χ2v) is 8.78. The molecule has 1 aromatic carbocycles. The van der Waals surface area contributed by atoms with Crippen molar-refractivity contribution in [3.05, 3.63) is 30.1 Å². The monoisotopic (exact) mass is 397 g/mol. The minimum Gasteiger partial charge on any atom is -0.364 e. The number of ether oxygens (including phenoxy) is 1. The van der Waals surface area contributed by atoms with Crippen molar-refractivity contribution in [2.45, 2.75) is 44.4 Å². The van der Waals surface area contributed by atoms with Gasteiger partial charge < -0.3 is 20.4 Å². The molecule has 0 radical (unpaired) electrons. The lowest BCUT2D eigenvalue weighted by molar-refractivity contribution is -0.127. The van der Waals surface area contributed by atoms with Crippen molar-refractivity contribution in [3.8, 4) is 0 Å². The molecule has 0 unspecified atom stereocenters. The highest BCUT2D eigenvalue weighted by Gasteiger charge is 2.45. The average Bonchev–Trinajstić information content (AvgIpc) is 3.17. The molecule has 3 aliphatic rings. The van der Waals surface area contributed by atoms with E-state index in [1.807, 2.05) is 24.3 Å². The molecule has 29 heavy (non-hydrogen) atoms. The van der Waals surface area contributed by atoms with E-state index in [1.54, 1.807) is 0 Å². The summed E-state index contributed by atoms with van der Waals surface area (Å²) < 4.78 is 5.61. The SMILES string of the molecule is O=C(COCc1nc2ccccc2[nH]1)NC[C@H]1[C@@H]2CNC[C@@H](C2)[C@@H]2CCCCN21. The Morgan fingerprint density at radius 2 is 2.14 bits per heavy atom. The fourth-order valence-electron chi connectivity index (χ4n) is 5.63. The maximum atomic E-state index is 12.4. The number of H-pyrrole nitrogens is 1. The largest absolute Gasteiger partial charge is 0.364 e. The van der Waals surface area contributed by atoms with Crippen LogP contribution in [0.15, 0.2) is 24.3 Å². The Morgan fingerprint density at radius 3 is 3.07 bits per heavy atom. The quantitative estimate of drug-likeness (QED) is 0.691. The minimum absolute atomic E-state index is 0.0411. The van der Waals surface area contributed by atoms with Crippen LogP contribution in [0, 0.1) is 11.8 Å². The second-order valence-electron chi connectivity index (χ2n) is 8.78. The minimum atomic E-state index is -0.0411. The number of hydrogen-bond donors (Lipinski definition) is 3. The predicted molar refractivity (Wildman–Crippen MR) is 111 cm³/mol. The first kappa shape index (κ1) is 19.0. The molecule has 3 N–H and O–H groups in total. The number of aromatic nitrogens is 2. The number of nitrogens with zero attached hydrogens (tertiary/aromatic N) is 2. The zero-order valence-electron chi connectivity index (χ0n) is 16.9. The number of para-hydroxylation sites is 2. The third-order valence-electron chi connectivity index (χ3n) is 6.94. The van der Waals surface area contributed by atoms with E-state index >= 15 is 0 Å². The van der Waals surface area contributed by atoms with E-state index in [4.69, 9.17) is 4.74 Å². The number of imidazole rings is 1. The van der Waals surface area contributed by atoms with E-state index in [2.05, 4.69) is 25.5 Å². The highest BCUT2D eigenvalue weighted by molar-refractivity contribution is 5.77. The van der Waals surface area contributed by atoms with Crippen LogP contribution < -0.4 is 10.6 Å². The van der Waals surface area contributed by atoms with Crippen molar-refractivity contribution in [1.29, 1.82) is 0 Å². The molecule has 0 saturated carbocycles. The van der Waals surface area contributed by atoms with Crippen LogP contribution in [-0.2, 0) is 16.1 Å². The molecule has 3 aliphatic heterocycles. The molecular weight excluding hydrogens is 366 g/mol. The number of carbonyl (C=O) groups is 1. The van der Waals surface area contributed by atoms with Crippen LogP contribution in [0.4, 0.5) is 0 Å². The van der Waals surface area contributed by atoms with Crippen LogP contribution >= 0.6 is 0 Å². The fourth-order valence-corrected chi connectivity index (χ4v) is 5.63. The summed E-state index contributed by atoms with van der Waals surface area (Å²) >= 11 is 0. The van der Waals surface area contributed by atoms with Gasteiger partial charge in [-0.3, -0.25) is 9.69 Å². The Kier molecular flexibility index (Phi) is 5.52. The zero-order chi connectivity index (χ0) is 19.6. The van der Waals surface area contributed by atoms with Crippen molar-refractivity contribution in [2.75, 3.05) is 32.8 Å². The molecule has 156 valence electrons. The van der Waals surface area contributed by atoms with Gasteiger partial charge in [0.15, 0.2) is 0 Å². The highest BCUT2D eigenvalue weighted by atomic mass is 16.5. The molecule has 1 amide bonds. The third kappa shape index (κ3) is 4.04. The van der Waals surface area contributed by atoms with E-state index in [0.29, 0.717) is 24.6 Å². The summed E-state index contributed by atoms with van der Waals surface area (Å²) in [5.41, 5.74) is 1.91. The van der Waals surface area contributed by atoms with Gasteiger partial charge >= 0.3 is 0 Å². The van der Waals surface area contributed by atoms with Crippen molar-refractivity contribution < 1.29 is 9.53 Å². The number of aromatic amines is 1. The van der Waals surface area contributed by atoms with Crippen LogP contribution in [0.2, 0.25) is 0 Å². The van der Waals surface area contributed by atoms with E-state index < -0.39 is 0 Å². The molecule has 1 aromatic heterocycles. The fraction of sp³-hybridized carbons (Fsp3) is 0.636. The lowest BCUT2D eigenvalue weighted by Crippen LogP contribution is -2.65. The van der Waals surface area contributed by atoms with Gasteiger partial charge in [0.25, 0.3) is 0 Å². The number of benzene rings is 1. The molecular formula is C22H31N5O2. The third-order valence-corrected chi connectivity index (χ3v) is 6.94. The van der Waals surface area contributed by atoms with Gasteiger partial charge in [0.05, 0.1) is 11.0 Å². The Labute approximate surface area is 171 Å². The topological polar surface area (TPSA) is 82.3 Å². The summed E-state index contributed by atoms with van der Waals surface area (Å²) in [5, 5.41) is 6.76. The van der Waals surface area contributed by atoms with Crippen molar-refractivity contribution >= 4 is 16.9 Å². The molecule has 4 heterocycles. The van der Waals surface area contributed by atoms with E-state index in [-0.39, 0.29) is 12.5 Å². The van der Waals surface area contributed by atoms with Gasteiger partial charge in [-0.1, -0.05) is 18.6 Å². The summed E-state index contributed by atoms with van der Waals surface area (Å²) in [6.45, 7) is 4.52. The van der Waals surface area contributed by atoms with Crippen molar-refractivity contribution in [3.63, 3.8) is 0 Å². The molecule has 2 bridgehead atoms. The van der Waals surface area contributed by atoms with Gasteiger partial charge in [0.1, 0.15) is 19.0 Å². The normalized spacial score (nSPS) is 29.5. The molecule has 4 atom stereocenters. The first-order valence-electron chi connectivity index (χ1n) is 11.0. The van der Waals surface area contributed by atoms with Crippen LogP contribution in [-0.4, -0.2) is 65.6 Å². The van der Waals surface area contributed by atoms with Crippen LogP contribution in [0.1, 0.15) is 31.5 Å². The number of nitrogens with one attached hydrogen (secondary N) is 3. The van der Waals surface area contributed by atoms with E-state index in [0.717, 1.165) is 42.4 Å². The smallest absolute Gasteiger partial charge is 0.246 e. The predicted octanol–water partition coefficient (Wildman–Crippen LogP) is 1.66. The summed E-state index contributed by atoms with van der Waals surface area (Å²) in [5.74, 6) is 2.13. The van der Waals surface area contributed by atoms with Gasteiger partial charge in [0.2, 0.25) is 5.91 Å². The van der Waals surface area contributed by atoms with Gasteiger partial charge in [0, 0.05) is 18.6 Å². The number of fused-ring (bicyclic) bond motifs is 5. The number of hydrogen-bond acceptors (Lipinski definition) is 5. The van der Waals surface area contributed by atoms with Gasteiger partial charge in [-0.15, -0.1) is 0 Å². The number of piperidine rings is 3. The van der Waals surface area contributed by atoms with E-state index in [1.165, 1.54) is 32.2 Å². The van der Waals surface area contributed by atoms with Crippen molar-refractivity contribution in [2.24, 2.45) is 11.8 Å². The Hall–Kier alpha value is -1.96. The van der Waals surface area contributed by atoms with Crippen molar-refractivity contribution in [1.82, 2.24) is 25.5 Å². The van der Waals surface area contributed by atoms with Gasteiger partial charge in [-0.05, 0) is 62.9 Å². The summed E-state index contributed by atoms with van der Waals surface area (Å²) in [7, 11) is 0. The number of rotatable bonds is 6.